The molecule has 1 aromatic carbocycles. The van der Waals surface area contributed by atoms with E-state index in [0.717, 1.165) is 44.2 Å². The van der Waals surface area contributed by atoms with Crippen LogP contribution < -0.4 is 5.32 Å². The van der Waals surface area contributed by atoms with Crippen LogP contribution in [0.1, 0.15) is 12.8 Å². The second-order valence-corrected chi connectivity index (χ2v) is 5.49. The summed E-state index contributed by atoms with van der Waals surface area (Å²) in [7, 11) is 0. The molecule has 1 aliphatic heterocycles. The van der Waals surface area contributed by atoms with Gasteiger partial charge in [0.15, 0.2) is 0 Å². The van der Waals surface area contributed by atoms with Gasteiger partial charge in [0.2, 0.25) is 0 Å². The van der Waals surface area contributed by atoms with Crippen LogP contribution >= 0.6 is 11.6 Å². The van der Waals surface area contributed by atoms with Crippen molar-refractivity contribution in [2.75, 3.05) is 19.8 Å². The van der Waals surface area contributed by atoms with Crippen LogP contribution in [-0.4, -0.2) is 30.4 Å². The molecule has 0 radical (unpaired) electrons. The number of nitrogens with zero attached hydrogens (tertiary/aromatic N) is 1. The van der Waals surface area contributed by atoms with E-state index in [9.17, 15) is 0 Å². The standard InChI is InChI=1S/C15H19ClN2O/c16-13-1-2-15-12(11-13)3-7-18(15)8-6-17-14-4-9-19-10-5-14/h1-3,7,11,14,17H,4-6,8-10H2. The lowest BCUT2D eigenvalue weighted by molar-refractivity contribution is 0.0779. The molecule has 19 heavy (non-hydrogen) atoms. The first kappa shape index (κ1) is 13.0. The van der Waals surface area contributed by atoms with Gasteiger partial charge in [-0.3, -0.25) is 0 Å². The van der Waals surface area contributed by atoms with Crippen molar-refractivity contribution in [1.82, 2.24) is 9.88 Å². The third-order valence-electron chi connectivity index (χ3n) is 3.74. The SMILES string of the molecule is Clc1ccc2c(ccn2CCNC2CCOCC2)c1. The number of aromatic nitrogens is 1. The second kappa shape index (κ2) is 5.95. The summed E-state index contributed by atoms with van der Waals surface area (Å²) in [6.07, 6.45) is 4.39. The van der Waals surface area contributed by atoms with Crippen molar-refractivity contribution in [3.63, 3.8) is 0 Å². The van der Waals surface area contributed by atoms with E-state index in [1.807, 2.05) is 12.1 Å². The largest absolute Gasteiger partial charge is 0.381 e. The molecule has 0 amide bonds. The maximum absolute atomic E-state index is 6.00. The minimum atomic E-state index is 0.616. The quantitative estimate of drug-likeness (QED) is 0.930. The first-order valence-electron chi connectivity index (χ1n) is 6.88. The van der Waals surface area contributed by atoms with Crippen molar-refractivity contribution < 1.29 is 4.74 Å². The maximum Gasteiger partial charge on any atom is 0.0481 e. The minimum Gasteiger partial charge on any atom is -0.381 e. The minimum absolute atomic E-state index is 0.616. The number of fused-ring (bicyclic) bond motifs is 1. The van der Waals surface area contributed by atoms with Gasteiger partial charge in [-0.05, 0) is 37.1 Å². The monoisotopic (exact) mass is 278 g/mol. The molecule has 3 rings (SSSR count). The maximum atomic E-state index is 6.00. The Labute approximate surface area is 118 Å². The molecule has 3 nitrogen and oxygen atoms in total. The predicted molar refractivity (Wildman–Crippen MR) is 78.8 cm³/mol. The molecule has 1 aliphatic rings. The van der Waals surface area contributed by atoms with Gasteiger partial charge in [-0.25, -0.2) is 0 Å². The third kappa shape index (κ3) is 3.11. The average Bonchev–Trinajstić information content (AvgIpc) is 2.82. The molecule has 2 heterocycles. The highest BCUT2D eigenvalue weighted by molar-refractivity contribution is 6.31. The number of hydrogen-bond donors (Lipinski definition) is 1. The van der Waals surface area contributed by atoms with Gasteiger partial charge in [-0.15, -0.1) is 0 Å². The average molecular weight is 279 g/mol. The van der Waals surface area contributed by atoms with Crippen LogP contribution in [0.4, 0.5) is 0 Å². The summed E-state index contributed by atoms with van der Waals surface area (Å²) in [5.41, 5.74) is 1.25. The van der Waals surface area contributed by atoms with E-state index < -0.39 is 0 Å². The molecule has 0 aliphatic carbocycles. The lowest BCUT2D eigenvalue weighted by atomic mass is 10.1. The number of benzene rings is 1. The third-order valence-corrected chi connectivity index (χ3v) is 3.98. The van der Waals surface area contributed by atoms with Gasteiger partial charge >= 0.3 is 0 Å². The van der Waals surface area contributed by atoms with E-state index in [1.54, 1.807) is 0 Å². The highest BCUT2D eigenvalue weighted by atomic mass is 35.5. The second-order valence-electron chi connectivity index (χ2n) is 5.05. The molecular weight excluding hydrogens is 260 g/mol. The van der Waals surface area contributed by atoms with Gasteiger partial charge in [0.1, 0.15) is 0 Å². The van der Waals surface area contributed by atoms with Gasteiger partial charge in [0, 0.05) is 54.5 Å². The van der Waals surface area contributed by atoms with E-state index in [1.165, 1.54) is 10.9 Å². The number of rotatable bonds is 4. The number of hydrogen-bond acceptors (Lipinski definition) is 2. The Kier molecular flexibility index (Phi) is 4.06. The fourth-order valence-electron chi connectivity index (χ4n) is 2.66. The topological polar surface area (TPSA) is 26.2 Å². The molecule has 1 fully saturated rings. The number of ether oxygens (including phenoxy) is 1. The first-order chi connectivity index (χ1) is 9.33. The van der Waals surface area contributed by atoms with Crippen molar-refractivity contribution in [2.24, 2.45) is 0 Å². The smallest absolute Gasteiger partial charge is 0.0481 e. The Bertz CT molecular complexity index is 546. The summed E-state index contributed by atoms with van der Waals surface area (Å²) >= 11 is 6.00. The molecule has 0 spiro atoms. The van der Waals surface area contributed by atoms with E-state index in [4.69, 9.17) is 16.3 Å². The molecule has 0 unspecified atom stereocenters. The lowest BCUT2D eigenvalue weighted by Gasteiger charge is -2.23. The Balaban J connectivity index is 1.59. The fraction of sp³-hybridized carbons (Fsp3) is 0.467. The van der Waals surface area contributed by atoms with Crippen LogP contribution in [0.3, 0.4) is 0 Å². The molecule has 102 valence electrons. The number of nitrogens with one attached hydrogen (secondary N) is 1. The molecule has 1 saturated heterocycles. The normalized spacial score (nSPS) is 17.1. The number of halogens is 1. The van der Waals surface area contributed by atoms with Gasteiger partial charge in [0.05, 0.1) is 0 Å². The molecule has 0 bridgehead atoms. The Morgan fingerprint density at radius 2 is 2.11 bits per heavy atom. The molecule has 2 aromatic rings. The summed E-state index contributed by atoms with van der Waals surface area (Å²) in [5, 5.41) is 5.61. The van der Waals surface area contributed by atoms with Crippen LogP contribution in [0, 0.1) is 0 Å². The van der Waals surface area contributed by atoms with Crippen LogP contribution in [-0.2, 0) is 11.3 Å². The Hall–Kier alpha value is -1.03. The van der Waals surface area contributed by atoms with Crippen LogP contribution in [0.5, 0.6) is 0 Å². The highest BCUT2D eigenvalue weighted by Gasteiger charge is 2.12. The van der Waals surface area contributed by atoms with Gasteiger partial charge in [-0.2, -0.15) is 0 Å². The van der Waals surface area contributed by atoms with E-state index in [2.05, 4.69) is 28.2 Å². The molecule has 1 aromatic heterocycles. The van der Waals surface area contributed by atoms with Gasteiger partial charge in [0.25, 0.3) is 0 Å². The highest BCUT2D eigenvalue weighted by Crippen LogP contribution is 2.20. The molecule has 1 N–H and O–H groups in total. The van der Waals surface area contributed by atoms with Gasteiger partial charge in [-0.1, -0.05) is 11.6 Å². The Morgan fingerprint density at radius 1 is 1.26 bits per heavy atom. The Morgan fingerprint density at radius 3 is 2.95 bits per heavy atom. The van der Waals surface area contributed by atoms with Crippen molar-refractivity contribution in [1.29, 1.82) is 0 Å². The zero-order valence-electron chi connectivity index (χ0n) is 10.9. The summed E-state index contributed by atoms with van der Waals surface area (Å²) in [5.74, 6) is 0. The lowest BCUT2D eigenvalue weighted by Crippen LogP contribution is -2.36. The summed E-state index contributed by atoms with van der Waals surface area (Å²) in [6.45, 7) is 3.77. The summed E-state index contributed by atoms with van der Waals surface area (Å²) in [6, 6.07) is 8.79. The van der Waals surface area contributed by atoms with E-state index in [0.29, 0.717) is 6.04 Å². The zero-order valence-corrected chi connectivity index (χ0v) is 11.7. The molecule has 0 atom stereocenters. The molecule has 4 heteroatoms. The van der Waals surface area contributed by atoms with Crippen LogP contribution in [0.15, 0.2) is 30.5 Å². The van der Waals surface area contributed by atoms with E-state index in [-0.39, 0.29) is 0 Å². The fourth-order valence-corrected chi connectivity index (χ4v) is 2.84. The zero-order chi connectivity index (χ0) is 13.1. The summed E-state index contributed by atoms with van der Waals surface area (Å²) in [4.78, 5) is 0. The van der Waals surface area contributed by atoms with Crippen molar-refractivity contribution >= 4 is 22.5 Å². The van der Waals surface area contributed by atoms with Gasteiger partial charge < -0.3 is 14.6 Å². The van der Waals surface area contributed by atoms with Crippen LogP contribution in [0.25, 0.3) is 10.9 Å². The van der Waals surface area contributed by atoms with E-state index >= 15 is 0 Å². The van der Waals surface area contributed by atoms with Crippen molar-refractivity contribution in [3.05, 3.63) is 35.5 Å². The molecule has 0 saturated carbocycles. The predicted octanol–water partition coefficient (Wildman–Crippen LogP) is 3.06. The first-order valence-corrected chi connectivity index (χ1v) is 7.26. The van der Waals surface area contributed by atoms with Crippen molar-refractivity contribution in [3.8, 4) is 0 Å². The molecular formula is C15H19ClN2O. The summed E-state index contributed by atoms with van der Waals surface area (Å²) < 4.78 is 7.64. The van der Waals surface area contributed by atoms with Crippen LogP contribution in [0.2, 0.25) is 5.02 Å². The van der Waals surface area contributed by atoms with Crippen molar-refractivity contribution in [2.45, 2.75) is 25.4 Å².